The predicted octanol–water partition coefficient (Wildman–Crippen LogP) is 3.90. The fourth-order valence-corrected chi connectivity index (χ4v) is 3.71. The molecular weight excluding hydrogens is 329 g/mol. The zero-order chi connectivity index (χ0) is 14.8. The first-order valence-electron chi connectivity index (χ1n) is 6.28. The summed E-state index contributed by atoms with van der Waals surface area (Å²) in [6.45, 7) is 0.520. The van der Waals surface area contributed by atoms with Gasteiger partial charge in [-0.2, -0.15) is 0 Å². The van der Waals surface area contributed by atoms with E-state index in [4.69, 9.17) is 23.2 Å². The van der Waals surface area contributed by atoms with Gasteiger partial charge < -0.3 is 10.3 Å². The summed E-state index contributed by atoms with van der Waals surface area (Å²) in [5.74, 6) is -0.170. The molecule has 21 heavy (non-hydrogen) atoms. The molecule has 0 aliphatic rings. The van der Waals surface area contributed by atoms with Crippen LogP contribution < -0.4 is 5.32 Å². The molecule has 4 nitrogen and oxygen atoms in total. The minimum Gasteiger partial charge on any atom is -0.351 e. The molecule has 0 saturated carbocycles. The van der Waals surface area contributed by atoms with Gasteiger partial charge in [0.25, 0.3) is 5.91 Å². The number of aromatic nitrogens is 2. The van der Waals surface area contributed by atoms with Crippen molar-refractivity contribution in [3.05, 3.63) is 51.3 Å². The first-order valence-corrected chi connectivity index (χ1v) is 7.85. The zero-order valence-corrected chi connectivity index (χ0v) is 13.1. The molecule has 7 heteroatoms. The minimum absolute atomic E-state index is 0.170. The molecule has 0 aliphatic heterocycles. The lowest BCUT2D eigenvalue weighted by Crippen LogP contribution is -2.25. The fourth-order valence-electron chi connectivity index (χ4n) is 2.00. The van der Waals surface area contributed by atoms with Crippen LogP contribution in [0.2, 0.25) is 10.0 Å². The number of carbonyl (C=O) groups excluding carboxylic acids is 1. The molecule has 0 saturated heterocycles. The Kier molecular flexibility index (Phi) is 4.14. The Balaban J connectivity index is 1.73. The third-order valence-corrected chi connectivity index (χ3v) is 4.92. The molecule has 1 aromatic carbocycles. The maximum Gasteiger partial charge on any atom is 0.262 e. The van der Waals surface area contributed by atoms with Crippen LogP contribution in [0.3, 0.4) is 0 Å². The number of imidazole rings is 1. The largest absolute Gasteiger partial charge is 0.351 e. The van der Waals surface area contributed by atoms with Gasteiger partial charge in [-0.1, -0.05) is 29.3 Å². The van der Waals surface area contributed by atoms with E-state index in [2.05, 4.69) is 15.3 Å². The predicted molar refractivity (Wildman–Crippen MR) is 86.5 cm³/mol. The highest BCUT2D eigenvalue weighted by molar-refractivity contribution is 7.21. The minimum atomic E-state index is -0.170. The van der Waals surface area contributed by atoms with Crippen LogP contribution in [0.5, 0.6) is 0 Å². The molecular formula is C14H11Cl2N3OS. The van der Waals surface area contributed by atoms with E-state index >= 15 is 0 Å². The molecule has 0 fully saturated rings. The SMILES string of the molecule is O=C(NCCc1cnc[nH]1)c1sc2cc(Cl)ccc2c1Cl. The number of amides is 1. The van der Waals surface area contributed by atoms with Gasteiger partial charge in [0.15, 0.2) is 0 Å². The molecule has 0 atom stereocenters. The van der Waals surface area contributed by atoms with Crippen LogP contribution in [-0.2, 0) is 6.42 Å². The second-order valence-electron chi connectivity index (χ2n) is 4.47. The third-order valence-electron chi connectivity index (χ3n) is 3.03. The summed E-state index contributed by atoms with van der Waals surface area (Å²) in [5.41, 5.74) is 0.976. The molecule has 3 rings (SSSR count). The van der Waals surface area contributed by atoms with E-state index < -0.39 is 0 Å². The van der Waals surface area contributed by atoms with Gasteiger partial charge >= 0.3 is 0 Å². The highest BCUT2D eigenvalue weighted by atomic mass is 35.5. The Morgan fingerprint density at radius 3 is 3.00 bits per heavy atom. The van der Waals surface area contributed by atoms with Crippen molar-refractivity contribution >= 4 is 50.5 Å². The average Bonchev–Trinajstić information content (AvgIpc) is 3.07. The van der Waals surface area contributed by atoms with Gasteiger partial charge in [-0.05, 0) is 12.1 Å². The van der Waals surface area contributed by atoms with Gasteiger partial charge in [0.2, 0.25) is 0 Å². The lowest BCUT2D eigenvalue weighted by Gasteiger charge is -2.02. The number of H-pyrrole nitrogens is 1. The van der Waals surface area contributed by atoms with E-state index in [1.807, 2.05) is 12.1 Å². The van der Waals surface area contributed by atoms with Crippen LogP contribution in [-0.4, -0.2) is 22.4 Å². The number of benzene rings is 1. The van der Waals surface area contributed by atoms with E-state index in [-0.39, 0.29) is 5.91 Å². The van der Waals surface area contributed by atoms with Crippen molar-refractivity contribution in [3.63, 3.8) is 0 Å². The van der Waals surface area contributed by atoms with Gasteiger partial charge in [-0.15, -0.1) is 11.3 Å². The average molecular weight is 340 g/mol. The van der Waals surface area contributed by atoms with Gasteiger partial charge in [0.1, 0.15) is 4.88 Å². The highest BCUT2D eigenvalue weighted by Crippen LogP contribution is 2.36. The first kappa shape index (κ1) is 14.4. The summed E-state index contributed by atoms with van der Waals surface area (Å²) in [5, 5.41) is 4.82. The summed E-state index contributed by atoms with van der Waals surface area (Å²) in [6, 6.07) is 5.41. The van der Waals surface area contributed by atoms with Crippen LogP contribution in [0.25, 0.3) is 10.1 Å². The summed E-state index contributed by atoms with van der Waals surface area (Å²) >= 11 is 13.6. The second-order valence-corrected chi connectivity index (χ2v) is 6.33. The molecule has 0 spiro atoms. The van der Waals surface area contributed by atoms with Crippen molar-refractivity contribution in [1.82, 2.24) is 15.3 Å². The number of aromatic amines is 1. The van der Waals surface area contributed by atoms with Crippen LogP contribution in [0.15, 0.2) is 30.7 Å². The molecule has 0 aliphatic carbocycles. The number of thiophene rings is 1. The number of rotatable bonds is 4. The number of nitrogens with one attached hydrogen (secondary N) is 2. The molecule has 1 amide bonds. The third kappa shape index (κ3) is 3.05. The molecule has 0 bridgehead atoms. The Morgan fingerprint density at radius 2 is 2.24 bits per heavy atom. The van der Waals surface area contributed by atoms with Crippen molar-refractivity contribution in [1.29, 1.82) is 0 Å². The molecule has 108 valence electrons. The van der Waals surface area contributed by atoms with E-state index in [0.29, 0.717) is 27.9 Å². The maximum atomic E-state index is 12.2. The smallest absolute Gasteiger partial charge is 0.262 e. The van der Waals surface area contributed by atoms with Gasteiger partial charge in [-0.3, -0.25) is 4.79 Å². The first-order chi connectivity index (χ1) is 10.1. The zero-order valence-electron chi connectivity index (χ0n) is 10.8. The monoisotopic (exact) mass is 339 g/mol. The summed E-state index contributed by atoms with van der Waals surface area (Å²) in [4.78, 5) is 19.6. The van der Waals surface area contributed by atoms with Crippen molar-refractivity contribution in [3.8, 4) is 0 Å². The summed E-state index contributed by atoms with van der Waals surface area (Å²) in [6.07, 6.45) is 4.05. The Hall–Kier alpha value is -1.56. The van der Waals surface area contributed by atoms with Crippen LogP contribution in [0, 0.1) is 0 Å². The van der Waals surface area contributed by atoms with E-state index in [1.54, 1.807) is 18.6 Å². The normalized spacial score (nSPS) is 11.0. The van der Waals surface area contributed by atoms with Crippen LogP contribution in [0.4, 0.5) is 0 Å². The highest BCUT2D eigenvalue weighted by Gasteiger charge is 2.16. The number of carbonyl (C=O) groups is 1. The second kappa shape index (κ2) is 6.05. The van der Waals surface area contributed by atoms with Crippen LogP contribution in [0.1, 0.15) is 15.4 Å². The van der Waals surface area contributed by atoms with Gasteiger partial charge in [-0.25, -0.2) is 4.98 Å². The van der Waals surface area contributed by atoms with Gasteiger partial charge in [0, 0.05) is 40.0 Å². The van der Waals surface area contributed by atoms with Crippen molar-refractivity contribution < 1.29 is 4.79 Å². The Morgan fingerprint density at radius 1 is 1.38 bits per heavy atom. The van der Waals surface area contributed by atoms with Crippen LogP contribution >= 0.6 is 34.5 Å². The standard InChI is InChI=1S/C14H11Cl2N3OS/c15-8-1-2-10-11(5-8)21-13(12(10)16)14(20)18-4-3-9-6-17-7-19-9/h1-2,5-7H,3-4H2,(H,17,19)(H,18,20). The number of halogens is 2. The Labute approximate surface area is 135 Å². The molecule has 2 N–H and O–H groups in total. The fraction of sp³-hybridized carbons (Fsp3) is 0.143. The number of hydrogen-bond donors (Lipinski definition) is 2. The van der Waals surface area contributed by atoms with E-state index in [1.165, 1.54) is 11.3 Å². The molecule has 2 aromatic heterocycles. The molecule has 0 radical (unpaired) electrons. The number of fused-ring (bicyclic) bond motifs is 1. The van der Waals surface area contributed by atoms with Crippen molar-refractivity contribution in [2.45, 2.75) is 6.42 Å². The molecule has 2 heterocycles. The lowest BCUT2D eigenvalue weighted by atomic mass is 10.2. The molecule has 3 aromatic rings. The topological polar surface area (TPSA) is 57.8 Å². The summed E-state index contributed by atoms with van der Waals surface area (Å²) in [7, 11) is 0. The van der Waals surface area contributed by atoms with Gasteiger partial charge in [0.05, 0.1) is 11.3 Å². The molecule has 0 unspecified atom stereocenters. The van der Waals surface area contributed by atoms with Crippen molar-refractivity contribution in [2.75, 3.05) is 6.54 Å². The van der Waals surface area contributed by atoms with E-state index in [9.17, 15) is 4.79 Å². The lowest BCUT2D eigenvalue weighted by molar-refractivity contribution is 0.0958. The van der Waals surface area contributed by atoms with Crippen molar-refractivity contribution in [2.24, 2.45) is 0 Å². The number of hydrogen-bond acceptors (Lipinski definition) is 3. The maximum absolute atomic E-state index is 12.2. The summed E-state index contributed by atoms with van der Waals surface area (Å²) < 4.78 is 0.909. The van der Waals surface area contributed by atoms with E-state index in [0.717, 1.165) is 15.8 Å². The quantitative estimate of drug-likeness (QED) is 0.757. The Bertz CT molecular complexity index is 783. The number of nitrogens with zero attached hydrogens (tertiary/aromatic N) is 1.